The Hall–Kier alpha value is -1.88. The molecule has 5 nitrogen and oxygen atoms in total. The van der Waals surface area contributed by atoms with Crippen LogP contribution in [-0.4, -0.2) is 60.9 Å². The molecule has 0 radical (unpaired) electrons. The Kier molecular flexibility index (Phi) is 5.81. The maximum absolute atomic E-state index is 14.0. The van der Waals surface area contributed by atoms with Gasteiger partial charge in [-0.05, 0) is 74.7 Å². The molecular formula is C27H39N3O2. The zero-order valence-corrected chi connectivity index (χ0v) is 19.9. The van der Waals surface area contributed by atoms with Gasteiger partial charge in [0.2, 0.25) is 11.8 Å². The Morgan fingerprint density at radius 3 is 2.28 bits per heavy atom. The number of aryl methyl sites for hydroxylation is 1. The summed E-state index contributed by atoms with van der Waals surface area (Å²) in [6, 6.07) is 9.17. The van der Waals surface area contributed by atoms with E-state index in [4.69, 9.17) is 0 Å². The third kappa shape index (κ3) is 3.98. The number of nitrogens with zero attached hydrogens (tertiary/aromatic N) is 2. The van der Waals surface area contributed by atoms with Gasteiger partial charge in [0.05, 0.1) is 12.0 Å². The molecule has 32 heavy (non-hydrogen) atoms. The summed E-state index contributed by atoms with van der Waals surface area (Å²) in [5.74, 6) is 1.92. The van der Waals surface area contributed by atoms with Crippen LogP contribution in [0.4, 0.5) is 0 Å². The number of carbonyl (C=O) groups is 2. The van der Waals surface area contributed by atoms with Crippen LogP contribution in [0.15, 0.2) is 24.3 Å². The molecule has 0 aromatic heterocycles. The van der Waals surface area contributed by atoms with Crippen molar-refractivity contribution in [3.05, 3.63) is 35.4 Å². The second-order valence-electron chi connectivity index (χ2n) is 11.3. The van der Waals surface area contributed by atoms with Gasteiger partial charge in [-0.3, -0.25) is 14.5 Å². The average molecular weight is 438 g/mol. The maximum Gasteiger partial charge on any atom is 0.234 e. The smallest absolute Gasteiger partial charge is 0.234 e. The molecule has 5 aliphatic rings. The normalized spacial score (nSPS) is 34.0. The molecule has 2 unspecified atom stereocenters. The van der Waals surface area contributed by atoms with Gasteiger partial charge < -0.3 is 10.2 Å². The molecule has 2 atom stereocenters. The van der Waals surface area contributed by atoms with Crippen molar-refractivity contribution in [1.82, 2.24) is 15.1 Å². The van der Waals surface area contributed by atoms with Crippen molar-refractivity contribution in [2.24, 2.45) is 17.3 Å². The summed E-state index contributed by atoms with van der Waals surface area (Å²) >= 11 is 0. The van der Waals surface area contributed by atoms with Crippen molar-refractivity contribution in [2.45, 2.75) is 64.2 Å². The summed E-state index contributed by atoms with van der Waals surface area (Å²) in [5.41, 5.74) is 2.82. The molecule has 4 bridgehead atoms. The first-order valence-electron chi connectivity index (χ1n) is 12.8. The molecular weight excluding hydrogens is 398 g/mol. The summed E-state index contributed by atoms with van der Waals surface area (Å²) in [6.07, 6.45) is 8.04. The van der Waals surface area contributed by atoms with E-state index in [0.29, 0.717) is 24.3 Å². The fourth-order valence-corrected chi connectivity index (χ4v) is 7.73. The molecule has 1 heterocycles. The van der Waals surface area contributed by atoms with E-state index in [9.17, 15) is 9.59 Å². The van der Waals surface area contributed by atoms with E-state index >= 15 is 0 Å². The first-order valence-corrected chi connectivity index (χ1v) is 12.8. The van der Waals surface area contributed by atoms with Crippen LogP contribution in [0.5, 0.6) is 0 Å². The molecule has 5 fully saturated rings. The van der Waals surface area contributed by atoms with Crippen molar-refractivity contribution in [3.8, 4) is 0 Å². The van der Waals surface area contributed by atoms with Gasteiger partial charge >= 0.3 is 0 Å². The Morgan fingerprint density at radius 2 is 1.66 bits per heavy atom. The molecule has 1 aromatic carbocycles. The standard InChI is InChI=1S/C27H39N3O2/c1-3-8-28-24(31)18-29-9-11-30(12-10-29)25(32)27-16-21-13-22(17-27)15-26(14-21,19-27)23-6-4-20(2)5-7-23/h4-7,21-22H,3,8-19H2,1-2H3,(H,28,31). The summed E-state index contributed by atoms with van der Waals surface area (Å²) in [7, 11) is 0. The number of hydrogen-bond donors (Lipinski definition) is 1. The molecule has 2 amide bonds. The van der Waals surface area contributed by atoms with Crippen molar-refractivity contribution in [2.75, 3.05) is 39.3 Å². The van der Waals surface area contributed by atoms with E-state index in [0.717, 1.165) is 58.4 Å². The number of piperazine rings is 1. The fourth-order valence-electron chi connectivity index (χ4n) is 7.73. The van der Waals surface area contributed by atoms with Crippen LogP contribution in [0.3, 0.4) is 0 Å². The summed E-state index contributed by atoms with van der Waals surface area (Å²) in [4.78, 5) is 30.4. The lowest BCUT2D eigenvalue weighted by atomic mass is 9.42. The van der Waals surface area contributed by atoms with E-state index in [1.54, 1.807) is 0 Å². The van der Waals surface area contributed by atoms with Crippen molar-refractivity contribution >= 4 is 11.8 Å². The number of benzene rings is 1. The van der Waals surface area contributed by atoms with Crippen molar-refractivity contribution < 1.29 is 9.59 Å². The van der Waals surface area contributed by atoms with Gasteiger partial charge in [-0.2, -0.15) is 0 Å². The van der Waals surface area contributed by atoms with Gasteiger partial charge in [0.1, 0.15) is 0 Å². The predicted molar refractivity (Wildman–Crippen MR) is 126 cm³/mol. The Bertz CT molecular complexity index is 842. The number of nitrogens with one attached hydrogen (secondary N) is 1. The highest BCUT2D eigenvalue weighted by Crippen LogP contribution is 2.66. The van der Waals surface area contributed by atoms with Crippen LogP contribution in [-0.2, 0) is 15.0 Å². The van der Waals surface area contributed by atoms with Gasteiger partial charge in [0, 0.05) is 32.7 Å². The van der Waals surface area contributed by atoms with E-state index in [2.05, 4.69) is 53.2 Å². The van der Waals surface area contributed by atoms with Gasteiger partial charge in [0.15, 0.2) is 0 Å². The van der Waals surface area contributed by atoms with Gasteiger partial charge in [-0.1, -0.05) is 36.8 Å². The lowest BCUT2D eigenvalue weighted by molar-refractivity contribution is -0.162. The number of rotatable bonds is 6. The van der Waals surface area contributed by atoms with Gasteiger partial charge in [0.25, 0.3) is 0 Å². The minimum Gasteiger partial charge on any atom is -0.355 e. The largest absolute Gasteiger partial charge is 0.355 e. The predicted octanol–water partition coefficient (Wildman–Crippen LogP) is 3.50. The Morgan fingerprint density at radius 1 is 1.00 bits per heavy atom. The zero-order chi connectivity index (χ0) is 22.3. The van der Waals surface area contributed by atoms with Gasteiger partial charge in [-0.25, -0.2) is 0 Å². The zero-order valence-electron chi connectivity index (χ0n) is 19.9. The molecule has 6 rings (SSSR count). The SMILES string of the molecule is CCCNC(=O)CN1CCN(C(=O)C23CC4CC(C2)CC(c2ccc(C)cc2)(C4)C3)CC1. The second kappa shape index (κ2) is 8.48. The highest BCUT2D eigenvalue weighted by molar-refractivity contribution is 5.84. The average Bonchev–Trinajstić information content (AvgIpc) is 2.77. The molecule has 1 aromatic rings. The van der Waals surface area contributed by atoms with Crippen LogP contribution in [0.2, 0.25) is 0 Å². The first kappa shape index (κ1) is 21.9. The van der Waals surface area contributed by atoms with Crippen LogP contribution in [0.1, 0.15) is 63.0 Å². The fraction of sp³-hybridized carbons (Fsp3) is 0.704. The van der Waals surface area contributed by atoms with Crippen LogP contribution >= 0.6 is 0 Å². The maximum atomic E-state index is 14.0. The Labute approximate surface area is 192 Å². The van der Waals surface area contributed by atoms with Crippen molar-refractivity contribution in [3.63, 3.8) is 0 Å². The summed E-state index contributed by atoms with van der Waals surface area (Å²) in [5, 5.41) is 2.96. The van der Waals surface area contributed by atoms with E-state index in [-0.39, 0.29) is 16.7 Å². The number of hydrogen-bond acceptors (Lipinski definition) is 3. The molecule has 5 heteroatoms. The van der Waals surface area contributed by atoms with Crippen molar-refractivity contribution in [1.29, 1.82) is 0 Å². The minimum atomic E-state index is -0.157. The molecule has 1 N–H and O–H groups in total. The molecule has 4 aliphatic carbocycles. The second-order valence-corrected chi connectivity index (χ2v) is 11.3. The molecule has 0 spiro atoms. The highest BCUT2D eigenvalue weighted by Gasteiger charge is 2.61. The molecule has 1 aliphatic heterocycles. The van der Waals surface area contributed by atoms with Crippen LogP contribution in [0.25, 0.3) is 0 Å². The van der Waals surface area contributed by atoms with Crippen LogP contribution in [0, 0.1) is 24.2 Å². The van der Waals surface area contributed by atoms with Gasteiger partial charge in [-0.15, -0.1) is 0 Å². The van der Waals surface area contributed by atoms with E-state index in [1.165, 1.54) is 30.4 Å². The van der Waals surface area contributed by atoms with E-state index in [1.807, 2.05) is 0 Å². The number of carbonyl (C=O) groups excluding carboxylic acids is 2. The number of amides is 2. The summed E-state index contributed by atoms with van der Waals surface area (Å²) < 4.78 is 0. The highest BCUT2D eigenvalue weighted by atomic mass is 16.2. The molecule has 1 saturated heterocycles. The quantitative estimate of drug-likeness (QED) is 0.741. The van der Waals surface area contributed by atoms with Crippen LogP contribution < -0.4 is 5.32 Å². The third-order valence-electron chi connectivity index (χ3n) is 8.78. The summed E-state index contributed by atoms with van der Waals surface area (Å²) in [6.45, 7) is 8.54. The topological polar surface area (TPSA) is 52.7 Å². The Balaban J connectivity index is 1.27. The monoisotopic (exact) mass is 437 g/mol. The molecule has 4 saturated carbocycles. The third-order valence-corrected chi connectivity index (χ3v) is 8.78. The molecule has 174 valence electrons. The minimum absolute atomic E-state index is 0.104. The lowest BCUT2D eigenvalue weighted by Crippen LogP contribution is -2.61. The first-order chi connectivity index (χ1) is 15.4. The lowest BCUT2D eigenvalue weighted by Gasteiger charge is -2.62. The van der Waals surface area contributed by atoms with E-state index < -0.39 is 0 Å².